The molecule has 1 fully saturated rings. The van der Waals surface area contributed by atoms with Gasteiger partial charge in [0.15, 0.2) is 0 Å². The molecule has 1 aliphatic heterocycles. The van der Waals surface area contributed by atoms with Gasteiger partial charge >= 0.3 is 6.18 Å². The molecule has 2 aromatic carbocycles. The average Bonchev–Trinajstić information content (AvgIpc) is 3.15. The highest BCUT2D eigenvalue weighted by atomic mass is 35.5. The highest BCUT2D eigenvalue weighted by molar-refractivity contribution is 7.89. The molecule has 1 saturated heterocycles. The van der Waals surface area contributed by atoms with Crippen LogP contribution in [0.4, 0.5) is 17.6 Å². The monoisotopic (exact) mass is 489 g/mol. The van der Waals surface area contributed by atoms with E-state index >= 15 is 0 Å². The molecule has 0 saturated carbocycles. The average molecular weight is 490 g/mol. The third-order valence-electron chi connectivity index (χ3n) is 5.22. The summed E-state index contributed by atoms with van der Waals surface area (Å²) in [5, 5.41) is -0.0668. The summed E-state index contributed by atoms with van der Waals surface area (Å²) in [5.74, 6) is -0.824. The molecule has 12 heteroatoms. The number of sulfonamides is 1. The van der Waals surface area contributed by atoms with Crippen molar-refractivity contribution in [1.82, 2.24) is 14.2 Å². The van der Waals surface area contributed by atoms with Crippen molar-refractivity contribution in [2.45, 2.75) is 11.1 Å². The molecule has 0 unspecified atom stereocenters. The van der Waals surface area contributed by atoms with Gasteiger partial charge in [-0.25, -0.2) is 12.8 Å². The number of H-pyrrole nitrogens is 1. The van der Waals surface area contributed by atoms with Crippen LogP contribution < -0.4 is 0 Å². The Hall–Kier alpha value is -2.63. The number of aromatic amines is 1. The summed E-state index contributed by atoms with van der Waals surface area (Å²) in [7, 11) is -4.21. The van der Waals surface area contributed by atoms with Gasteiger partial charge in [-0.2, -0.15) is 17.5 Å². The zero-order valence-corrected chi connectivity index (χ0v) is 17.9. The minimum Gasteiger partial charge on any atom is -0.351 e. The zero-order valence-electron chi connectivity index (χ0n) is 16.3. The number of nitrogens with one attached hydrogen (secondary N) is 1. The van der Waals surface area contributed by atoms with Crippen molar-refractivity contribution in [2.75, 3.05) is 26.2 Å². The Morgan fingerprint density at radius 2 is 1.69 bits per heavy atom. The number of fused-ring (bicyclic) bond motifs is 1. The second kappa shape index (κ2) is 8.05. The first kappa shape index (κ1) is 22.6. The summed E-state index contributed by atoms with van der Waals surface area (Å²) < 4.78 is 79.4. The van der Waals surface area contributed by atoms with Crippen molar-refractivity contribution in [3.05, 3.63) is 64.6 Å². The largest absolute Gasteiger partial charge is 0.417 e. The van der Waals surface area contributed by atoms with Crippen molar-refractivity contribution in [1.29, 1.82) is 0 Å². The van der Waals surface area contributed by atoms with E-state index in [2.05, 4.69) is 4.98 Å². The van der Waals surface area contributed by atoms with Gasteiger partial charge in [0, 0.05) is 37.1 Å². The maximum absolute atomic E-state index is 13.4. The van der Waals surface area contributed by atoms with E-state index in [9.17, 15) is 30.8 Å². The maximum Gasteiger partial charge on any atom is 0.417 e. The summed E-state index contributed by atoms with van der Waals surface area (Å²) in [6, 6.07) is 8.00. The van der Waals surface area contributed by atoms with Crippen LogP contribution in [0.25, 0.3) is 10.9 Å². The first-order valence-electron chi connectivity index (χ1n) is 9.41. The number of alkyl halides is 3. The molecule has 1 aliphatic rings. The number of piperazine rings is 1. The van der Waals surface area contributed by atoms with E-state index in [1.807, 2.05) is 0 Å². The Morgan fingerprint density at radius 1 is 1.00 bits per heavy atom. The predicted octanol–water partition coefficient (Wildman–Crippen LogP) is 4.13. The van der Waals surface area contributed by atoms with E-state index in [0.717, 1.165) is 16.4 Å². The third kappa shape index (κ3) is 4.19. The number of carbonyl (C=O) groups excluding carboxylic acids is 1. The summed E-state index contributed by atoms with van der Waals surface area (Å²) in [6.07, 6.45) is -4.80. The molecule has 170 valence electrons. The van der Waals surface area contributed by atoms with E-state index in [0.29, 0.717) is 17.0 Å². The second-order valence-electron chi connectivity index (χ2n) is 7.25. The van der Waals surface area contributed by atoms with Crippen LogP contribution in [0.15, 0.2) is 47.4 Å². The lowest BCUT2D eigenvalue weighted by molar-refractivity contribution is -0.137. The van der Waals surface area contributed by atoms with Crippen LogP contribution in [-0.4, -0.2) is 54.7 Å². The Morgan fingerprint density at radius 3 is 2.34 bits per heavy atom. The van der Waals surface area contributed by atoms with Crippen LogP contribution in [0.1, 0.15) is 16.1 Å². The topological polar surface area (TPSA) is 73.5 Å². The summed E-state index contributed by atoms with van der Waals surface area (Å²) in [5.41, 5.74) is -0.419. The van der Waals surface area contributed by atoms with Crippen LogP contribution in [0.5, 0.6) is 0 Å². The molecule has 0 radical (unpaired) electrons. The Kier molecular flexibility index (Phi) is 5.68. The molecule has 1 aromatic heterocycles. The van der Waals surface area contributed by atoms with Gasteiger partial charge < -0.3 is 9.88 Å². The number of carbonyl (C=O) groups is 1. The fourth-order valence-corrected chi connectivity index (χ4v) is 5.23. The fourth-order valence-electron chi connectivity index (χ4n) is 3.55. The smallest absolute Gasteiger partial charge is 0.351 e. The van der Waals surface area contributed by atoms with Crippen LogP contribution in [0.3, 0.4) is 0 Å². The number of aromatic nitrogens is 1. The minimum absolute atomic E-state index is 0.0432. The molecular weight excluding hydrogens is 474 g/mol. The number of hydrogen-bond donors (Lipinski definition) is 1. The number of halogens is 5. The lowest BCUT2D eigenvalue weighted by Gasteiger charge is -2.33. The van der Waals surface area contributed by atoms with Crippen molar-refractivity contribution in [3.63, 3.8) is 0 Å². The van der Waals surface area contributed by atoms with Gasteiger partial charge in [0.2, 0.25) is 10.0 Å². The summed E-state index contributed by atoms with van der Waals surface area (Å²) in [6.45, 7) is -0.0944. The van der Waals surface area contributed by atoms with Crippen molar-refractivity contribution >= 4 is 38.4 Å². The van der Waals surface area contributed by atoms with E-state index in [4.69, 9.17) is 11.6 Å². The first-order valence-corrected chi connectivity index (χ1v) is 11.2. The molecule has 2 heterocycles. The van der Waals surface area contributed by atoms with E-state index in [-0.39, 0.29) is 37.8 Å². The van der Waals surface area contributed by atoms with Gasteiger partial charge in [-0.1, -0.05) is 11.6 Å². The van der Waals surface area contributed by atoms with E-state index in [1.54, 1.807) is 0 Å². The molecule has 6 nitrogen and oxygen atoms in total. The summed E-state index contributed by atoms with van der Waals surface area (Å²) in [4.78, 5) is 16.6. The molecule has 4 rings (SSSR count). The normalized spacial score (nSPS) is 16.0. The van der Waals surface area contributed by atoms with Crippen LogP contribution in [0, 0.1) is 5.82 Å². The van der Waals surface area contributed by atoms with Gasteiger partial charge in [-0.3, -0.25) is 4.79 Å². The number of amides is 1. The highest BCUT2D eigenvalue weighted by Gasteiger charge is 2.36. The molecular formula is C20H16ClF4N3O3S. The number of rotatable bonds is 3. The highest BCUT2D eigenvalue weighted by Crippen LogP contribution is 2.36. The van der Waals surface area contributed by atoms with Crippen molar-refractivity contribution in [3.8, 4) is 0 Å². The lowest BCUT2D eigenvalue weighted by Crippen LogP contribution is -2.50. The molecule has 0 spiro atoms. The third-order valence-corrected chi connectivity index (χ3v) is 7.44. The van der Waals surface area contributed by atoms with Crippen LogP contribution >= 0.6 is 11.6 Å². The lowest BCUT2D eigenvalue weighted by atomic mass is 10.2. The fraction of sp³-hybridized carbons (Fsp3) is 0.250. The maximum atomic E-state index is 13.4. The van der Waals surface area contributed by atoms with Gasteiger partial charge in [-0.05, 0) is 42.5 Å². The number of benzene rings is 2. The molecule has 0 aliphatic carbocycles. The number of nitrogens with zero attached hydrogens (tertiary/aromatic N) is 2. The first-order chi connectivity index (χ1) is 15.0. The van der Waals surface area contributed by atoms with Crippen molar-refractivity contribution < 1.29 is 30.8 Å². The van der Waals surface area contributed by atoms with Gasteiger partial charge in [0.25, 0.3) is 5.91 Å². The molecule has 1 N–H and O–H groups in total. The predicted molar refractivity (Wildman–Crippen MR) is 109 cm³/mol. The van der Waals surface area contributed by atoms with E-state index < -0.39 is 37.5 Å². The second-order valence-corrected chi connectivity index (χ2v) is 9.60. The molecule has 1 amide bonds. The number of hydrogen-bond acceptors (Lipinski definition) is 3. The standard InChI is InChI=1S/C20H16ClF4N3O3S/c21-16-3-2-14(11-15(16)20(23,24)25)32(30,31)28-7-5-27(6-8-28)19(29)18-10-12-9-13(22)1-4-17(12)26-18/h1-4,9-11,26H,5-8H2. The molecule has 0 atom stereocenters. The minimum atomic E-state index is -4.80. The van der Waals surface area contributed by atoms with E-state index in [1.165, 1.54) is 29.2 Å². The Bertz CT molecular complexity index is 1300. The van der Waals surface area contributed by atoms with Crippen LogP contribution in [0.2, 0.25) is 5.02 Å². The van der Waals surface area contributed by atoms with Gasteiger partial charge in [0.1, 0.15) is 11.5 Å². The van der Waals surface area contributed by atoms with Crippen molar-refractivity contribution in [2.24, 2.45) is 0 Å². The Balaban J connectivity index is 1.49. The van der Waals surface area contributed by atoms with Gasteiger partial charge in [-0.15, -0.1) is 0 Å². The van der Waals surface area contributed by atoms with Gasteiger partial charge in [0.05, 0.1) is 15.5 Å². The molecule has 32 heavy (non-hydrogen) atoms. The van der Waals surface area contributed by atoms with Crippen LogP contribution in [-0.2, 0) is 16.2 Å². The summed E-state index contributed by atoms with van der Waals surface area (Å²) >= 11 is 5.57. The SMILES string of the molecule is O=C(c1cc2cc(F)ccc2[nH]1)N1CCN(S(=O)(=O)c2ccc(Cl)c(C(F)(F)F)c2)CC1. The zero-order chi connectivity index (χ0) is 23.3. The molecule has 3 aromatic rings. The quantitative estimate of drug-likeness (QED) is 0.562. The Labute approximate surface area is 185 Å². The molecule has 0 bridgehead atoms.